The number of nitrogens with zero attached hydrogens (tertiary/aromatic N) is 1. The van der Waals surface area contributed by atoms with Gasteiger partial charge in [-0.2, -0.15) is 0 Å². The van der Waals surface area contributed by atoms with Crippen LogP contribution in [0.15, 0.2) is 12.1 Å². The lowest BCUT2D eigenvalue weighted by Crippen LogP contribution is -2.43. The van der Waals surface area contributed by atoms with E-state index < -0.39 is 0 Å². The number of nitrogens with one attached hydrogen (secondary N) is 2. The molecule has 1 aliphatic heterocycles. The second-order valence-electron chi connectivity index (χ2n) is 6.82. The van der Waals surface area contributed by atoms with Gasteiger partial charge in [0.1, 0.15) is 0 Å². The molecule has 2 heterocycles. The van der Waals surface area contributed by atoms with Crippen LogP contribution in [-0.4, -0.2) is 42.0 Å². The van der Waals surface area contributed by atoms with Gasteiger partial charge < -0.3 is 15.5 Å². The number of carbonyl (C=O) groups is 2. The number of thiophene rings is 1. The molecule has 1 aliphatic carbocycles. The average molecular weight is 335 g/mol. The first kappa shape index (κ1) is 16.3. The largest absolute Gasteiger partial charge is 0.339 e. The Bertz CT molecular complexity index is 582. The lowest BCUT2D eigenvalue weighted by Gasteiger charge is -2.17. The number of aryl methyl sites for hydroxylation is 1. The molecule has 1 saturated carbocycles. The summed E-state index contributed by atoms with van der Waals surface area (Å²) in [6.45, 7) is 5.48. The highest BCUT2D eigenvalue weighted by Crippen LogP contribution is 2.32. The van der Waals surface area contributed by atoms with Crippen LogP contribution in [0, 0.1) is 12.8 Å². The van der Waals surface area contributed by atoms with Crippen molar-refractivity contribution in [3.8, 4) is 0 Å². The van der Waals surface area contributed by atoms with Crippen LogP contribution in [0.25, 0.3) is 0 Å². The second kappa shape index (κ2) is 6.91. The summed E-state index contributed by atoms with van der Waals surface area (Å²) in [6.07, 6.45) is 3.71. The van der Waals surface area contributed by atoms with Crippen LogP contribution in [0.5, 0.6) is 0 Å². The summed E-state index contributed by atoms with van der Waals surface area (Å²) < 4.78 is 0. The van der Waals surface area contributed by atoms with Crippen LogP contribution in [0.4, 0.5) is 4.79 Å². The highest BCUT2D eigenvalue weighted by atomic mass is 32.1. The summed E-state index contributed by atoms with van der Waals surface area (Å²) >= 11 is 1.77. The smallest absolute Gasteiger partial charge is 0.315 e. The summed E-state index contributed by atoms with van der Waals surface area (Å²) in [5.74, 6) is 0.505. The second-order valence-corrected chi connectivity index (χ2v) is 8.19. The predicted octanol–water partition coefficient (Wildman–Crippen LogP) is 2.30. The quantitative estimate of drug-likeness (QED) is 0.838. The zero-order chi connectivity index (χ0) is 16.4. The number of rotatable bonds is 6. The molecule has 1 aromatic rings. The molecule has 2 atom stereocenters. The lowest BCUT2D eigenvalue weighted by molar-refractivity contribution is -0.128. The van der Waals surface area contributed by atoms with Crippen molar-refractivity contribution >= 4 is 23.3 Å². The van der Waals surface area contributed by atoms with E-state index in [0.29, 0.717) is 19.0 Å². The summed E-state index contributed by atoms with van der Waals surface area (Å²) in [5, 5.41) is 5.90. The molecule has 0 radical (unpaired) electrons. The normalized spacial score (nSPS) is 22.3. The summed E-state index contributed by atoms with van der Waals surface area (Å²) in [4.78, 5) is 28.5. The molecular formula is C17H25N3O2S. The Morgan fingerprint density at radius 2 is 2.22 bits per heavy atom. The van der Waals surface area contributed by atoms with E-state index in [1.165, 1.54) is 9.75 Å². The van der Waals surface area contributed by atoms with Crippen molar-refractivity contribution in [2.45, 2.75) is 51.6 Å². The third-order valence-electron chi connectivity index (χ3n) is 4.46. The number of hydrogen-bond acceptors (Lipinski definition) is 3. The Balaban J connectivity index is 1.37. The summed E-state index contributed by atoms with van der Waals surface area (Å²) in [7, 11) is 0. The van der Waals surface area contributed by atoms with Gasteiger partial charge in [0.05, 0.1) is 0 Å². The Morgan fingerprint density at radius 3 is 2.87 bits per heavy atom. The molecule has 2 fully saturated rings. The first-order valence-corrected chi connectivity index (χ1v) is 9.22. The Morgan fingerprint density at radius 1 is 1.43 bits per heavy atom. The van der Waals surface area contributed by atoms with Gasteiger partial charge in [-0.25, -0.2) is 4.79 Å². The lowest BCUT2D eigenvalue weighted by atomic mass is 10.1. The molecule has 6 heteroatoms. The van der Waals surface area contributed by atoms with Gasteiger partial charge in [0.25, 0.3) is 0 Å². The van der Waals surface area contributed by atoms with Gasteiger partial charge in [-0.15, -0.1) is 11.3 Å². The van der Waals surface area contributed by atoms with Crippen LogP contribution < -0.4 is 10.6 Å². The molecule has 2 aliphatic rings. The molecule has 5 nitrogen and oxygen atoms in total. The van der Waals surface area contributed by atoms with Crippen LogP contribution in [-0.2, 0) is 11.2 Å². The van der Waals surface area contributed by atoms with E-state index in [2.05, 4.69) is 29.7 Å². The zero-order valence-corrected chi connectivity index (χ0v) is 14.6. The molecule has 0 spiro atoms. The van der Waals surface area contributed by atoms with Crippen molar-refractivity contribution in [1.82, 2.24) is 15.5 Å². The van der Waals surface area contributed by atoms with Gasteiger partial charge in [-0.3, -0.25) is 4.79 Å². The molecule has 1 saturated heterocycles. The molecule has 3 rings (SSSR count). The van der Waals surface area contributed by atoms with E-state index in [9.17, 15) is 9.59 Å². The Labute approximate surface area is 141 Å². The maximum Gasteiger partial charge on any atom is 0.315 e. The fraction of sp³-hybridized carbons (Fsp3) is 0.647. The average Bonchev–Trinajstić information content (AvgIpc) is 3.15. The molecule has 0 aromatic carbocycles. The van der Waals surface area contributed by atoms with Crippen molar-refractivity contribution in [3.63, 3.8) is 0 Å². The zero-order valence-electron chi connectivity index (χ0n) is 13.8. The van der Waals surface area contributed by atoms with E-state index in [4.69, 9.17) is 0 Å². The van der Waals surface area contributed by atoms with Gasteiger partial charge in [0.15, 0.2) is 0 Å². The maximum absolute atomic E-state index is 12.0. The molecule has 0 bridgehead atoms. The Kier molecular flexibility index (Phi) is 4.90. The minimum absolute atomic E-state index is 0.0984. The van der Waals surface area contributed by atoms with Gasteiger partial charge in [0.2, 0.25) is 5.91 Å². The first-order chi connectivity index (χ1) is 11.0. The van der Waals surface area contributed by atoms with Crippen molar-refractivity contribution in [3.05, 3.63) is 21.9 Å². The standard InChI is InChI=1S/C17H25N3O2S/c1-11(7-15-6-3-12(2)23-15)19-17(22)18-9-13-8-16(21)20(10-13)14-4-5-14/h3,6,11,13-14H,4-5,7-10H2,1-2H3,(H2,18,19,22). The van der Waals surface area contributed by atoms with Gasteiger partial charge in [-0.1, -0.05) is 0 Å². The third-order valence-corrected chi connectivity index (χ3v) is 5.48. The molecule has 1 aromatic heterocycles. The molecule has 2 unspecified atom stereocenters. The summed E-state index contributed by atoms with van der Waals surface area (Å²) in [6, 6.07) is 4.67. The monoisotopic (exact) mass is 335 g/mol. The number of hydrogen-bond donors (Lipinski definition) is 2. The minimum atomic E-state index is -0.136. The van der Waals surface area contributed by atoms with Crippen molar-refractivity contribution in [2.24, 2.45) is 5.92 Å². The van der Waals surface area contributed by atoms with Gasteiger partial charge in [-0.05, 0) is 38.8 Å². The molecule has 3 amide bonds. The minimum Gasteiger partial charge on any atom is -0.339 e. The van der Waals surface area contributed by atoms with Crippen molar-refractivity contribution in [1.29, 1.82) is 0 Å². The number of carbonyl (C=O) groups excluding carboxylic acids is 2. The summed E-state index contributed by atoms with van der Waals surface area (Å²) in [5.41, 5.74) is 0. The number of amides is 3. The van der Waals surface area contributed by atoms with E-state index in [0.717, 1.165) is 25.8 Å². The highest BCUT2D eigenvalue weighted by molar-refractivity contribution is 7.11. The third kappa shape index (κ3) is 4.47. The van der Waals surface area contributed by atoms with Crippen LogP contribution in [0.2, 0.25) is 0 Å². The number of urea groups is 1. The van der Waals surface area contributed by atoms with Crippen LogP contribution in [0.3, 0.4) is 0 Å². The molecule has 126 valence electrons. The Hall–Kier alpha value is -1.56. The molecule has 2 N–H and O–H groups in total. The van der Waals surface area contributed by atoms with E-state index >= 15 is 0 Å². The maximum atomic E-state index is 12.0. The van der Waals surface area contributed by atoms with E-state index in [1.807, 2.05) is 11.8 Å². The van der Waals surface area contributed by atoms with Crippen molar-refractivity contribution < 1.29 is 9.59 Å². The first-order valence-electron chi connectivity index (χ1n) is 8.40. The van der Waals surface area contributed by atoms with E-state index in [1.54, 1.807) is 11.3 Å². The topological polar surface area (TPSA) is 61.4 Å². The molecular weight excluding hydrogens is 310 g/mol. The SMILES string of the molecule is Cc1ccc(CC(C)NC(=O)NCC2CC(=O)N(C3CC3)C2)s1. The van der Waals surface area contributed by atoms with Gasteiger partial charge >= 0.3 is 6.03 Å². The van der Waals surface area contributed by atoms with Crippen molar-refractivity contribution in [2.75, 3.05) is 13.1 Å². The fourth-order valence-electron chi connectivity index (χ4n) is 3.14. The fourth-order valence-corrected chi connectivity index (χ4v) is 4.16. The van der Waals surface area contributed by atoms with Crippen LogP contribution in [0.1, 0.15) is 35.9 Å². The highest BCUT2D eigenvalue weighted by Gasteiger charge is 2.39. The molecule has 23 heavy (non-hydrogen) atoms. The van der Waals surface area contributed by atoms with Gasteiger partial charge in [0, 0.05) is 53.7 Å². The predicted molar refractivity (Wildman–Crippen MR) is 91.6 cm³/mol. The number of likely N-dealkylation sites (tertiary alicyclic amines) is 1. The van der Waals surface area contributed by atoms with E-state index in [-0.39, 0.29) is 23.9 Å². The van der Waals surface area contributed by atoms with Crippen LogP contribution >= 0.6 is 11.3 Å².